The van der Waals surface area contributed by atoms with Gasteiger partial charge in [-0.25, -0.2) is 4.39 Å². The Bertz CT molecular complexity index is 64.6. The lowest BCUT2D eigenvalue weighted by molar-refractivity contribution is 0.217. The van der Waals surface area contributed by atoms with Gasteiger partial charge in [-0.2, -0.15) is 0 Å². The summed E-state index contributed by atoms with van der Waals surface area (Å²) in [5.74, 6) is 0. The van der Waals surface area contributed by atoms with Crippen LogP contribution in [0.2, 0.25) is 0 Å². The standard InChI is InChI=1S/C4H9FN2/c5-1-4(6)2-7-3-4/h7H,1-3,6H2. The van der Waals surface area contributed by atoms with Crippen molar-refractivity contribution in [1.82, 2.24) is 5.32 Å². The molecule has 1 aliphatic heterocycles. The van der Waals surface area contributed by atoms with Gasteiger partial charge in [0, 0.05) is 13.1 Å². The Morgan fingerprint density at radius 2 is 2.29 bits per heavy atom. The van der Waals surface area contributed by atoms with Crippen LogP contribution >= 0.6 is 0 Å². The molecule has 1 heterocycles. The fraction of sp³-hybridized carbons (Fsp3) is 1.00. The fourth-order valence-electron chi connectivity index (χ4n) is 0.541. The van der Waals surface area contributed by atoms with Gasteiger partial charge in [0.15, 0.2) is 0 Å². The zero-order valence-electron chi connectivity index (χ0n) is 4.08. The van der Waals surface area contributed by atoms with Crippen LogP contribution in [0.3, 0.4) is 0 Å². The molecule has 7 heavy (non-hydrogen) atoms. The lowest BCUT2D eigenvalue weighted by Gasteiger charge is -2.36. The summed E-state index contributed by atoms with van der Waals surface area (Å²) in [6, 6.07) is 0. The number of halogens is 1. The number of hydrogen-bond acceptors (Lipinski definition) is 2. The summed E-state index contributed by atoms with van der Waals surface area (Å²) in [4.78, 5) is 0. The first-order chi connectivity index (χ1) is 3.27. The molecule has 0 bridgehead atoms. The highest BCUT2D eigenvalue weighted by Crippen LogP contribution is 2.05. The van der Waals surface area contributed by atoms with Crippen LogP contribution in [0.5, 0.6) is 0 Å². The van der Waals surface area contributed by atoms with Crippen molar-refractivity contribution in [2.45, 2.75) is 5.54 Å². The maximum Gasteiger partial charge on any atom is 0.110 e. The molecule has 0 aromatic carbocycles. The summed E-state index contributed by atoms with van der Waals surface area (Å²) in [5, 5.41) is 2.89. The van der Waals surface area contributed by atoms with Gasteiger partial charge in [-0.3, -0.25) is 0 Å². The van der Waals surface area contributed by atoms with E-state index >= 15 is 0 Å². The van der Waals surface area contributed by atoms with Crippen LogP contribution in [0.15, 0.2) is 0 Å². The van der Waals surface area contributed by atoms with Crippen molar-refractivity contribution >= 4 is 0 Å². The lowest BCUT2D eigenvalue weighted by Crippen LogP contribution is -2.67. The van der Waals surface area contributed by atoms with E-state index in [4.69, 9.17) is 5.73 Å². The SMILES string of the molecule is NC1(CF)CNC1. The Kier molecular flexibility index (Phi) is 1.01. The third-order valence-electron chi connectivity index (χ3n) is 1.22. The van der Waals surface area contributed by atoms with Crippen LogP contribution in [-0.4, -0.2) is 25.3 Å². The molecular formula is C4H9FN2. The van der Waals surface area contributed by atoms with E-state index in [2.05, 4.69) is 5.32 Å². The maximum absolute atomic E-state index is 11.7. The van der Waals surface area contributed by atoms with E-state index in [1.807, 2.05) is 0 Å². The number of nitrogens with one attached hydrogen (secondary N) is 1. The van der Waals surface area contributed by atoms with Crippen LogP contribution in [0.4, 0.5) is 4.39 Å². The van der Waals surface area contributed by atoms with E-state index < -0.39 is 12.2 Å². The molecule has 0 spiro atoms. The molecule has 0 atom stereocenters. The molecular weight excluding hydrogens is 95.1 g/mol. The van der Waals surface area contributed by atoms with E-state index in [1.54, 1.807) is 0 Å². The van der Waals surface area contributed by atoms with Crippen molar-refractivity contribution in [3.63, 3.8) is 0 Å². The molecule has 0 aromatic heterocycles. The first-order valence-electron chi connectivity index (χ1n) is 2.32. The molecule has 0 amide bonds. The molecule has 0 unspecified atom stereocenters. The van der Waals surface area contributed by atoms with Crippen molar-refractivity contribution in [2.75, 3.05) is 19.8 Å². The predicted molar refractivity (Wildman–Crippen MR) is 25.8 cm³/mol. The summed E-state index contributed by atoms with van der Waals surface area (Å²) in [5.41, 5.74) is 4.85. The maximum atomic E-state index is 11.7. The van der Waals surface area contributed by atoms with E-state index in [1.165, 1.54) is 0 Å². The lowest BCUT2D eigenvalue weighted by atomic mass is 9.96. The Morgan fingerprint density at radius 3 is 2.29 bits per heavy atom. The average Bonchev–Trinajstić information content (AvgIpc) is 1.61. The summed E-state index contributed by atoms with van der Waals surface area (Å²) >= 11 is 0. The average molecular weight is 104 g/mol. The molecule has 0 aliphatic carbocycles. The van der Waals surface area contributed by atoms with Gasteiger partial charge < -0.3 is 11.1 Å². The first-order valence-corrected chi connectivity index (χ1v) is 2.32. The monoisotopic (exact) mass is 104 g/mol. The molecule has 1 fully saturated rings. The van der Waals surface area contributed by atoms with Gasteiger partial charge in [0.05, 0.1) is 5.54 Å². The van der Waals surface area contributed by atoms with Gasteiger partial charge in [-0.1, -0.05) is 0 Å². The number of alkyl halides is 1. The predicted octanol–water partition coefficient (Wildman–Crippen LogP) is -0.743. The molecule has 1 rings (SSSR count). The largest absolute Gasteiger partial charge is 0.321 e. The number of rotatable bonds is 1. The molecule has 3 heteroatoms. The van der Waals surface area contributed by atoms with Gasteiger partial charge in [-0.15, -0.1) is 0 Å². The minimum absolute atomic E-state index is 0.403. The Labute approximate surface area is 41.9 Å². The van der Waals surface area contributed by atoms with Crippen LogP contribution < -0.4 is 11.1 Å². The third kappa shape index (κ3) is 0.737. The Hall–Kier alpha value is -0.150. The summed E-state index contributed by atoms with van der Waals surface area (Å²) in [6.07, 6.45) is 0. The van der Waals surface area contributed by atoms with Crippen molar-refractivity contribution in [3.8, 4) is 0 Å². The molecule has 1 aliphatic rings. The number of nitrogens with two attached hydrogens (primary N) is 1. The summed E-state index contributed by atoms with van der Waals surface area (Å²) in [7, 11) is 0. The third-order valence-corrected chi connectivity index (χ3v) is 1.22. The highest BCUT2D eigenvalue weighted by atomic mass is 19.1. The molecule has 1 saturated heterocycles. The van der Waals surface area contributed by atoms with E-state index in [-0.39, 0.29) is 0 Å². The Morgan fingerprint density at radius 1 is 1.71 bits per heavy atom. The Balaban J connectivity index is 2.29. The molecule has 0 radical (unpaired) electrons. The molecule has 3 N–H and O–H groups in total. The van der Waals surface area contributed by atoms with Crippen molar-refractivity contribution in [2.24, 2.45) is 5.73 Å². The zero-order valence-corrected chi connectivity index (χ0v) is 4.08. The zero-order chi connectivity index (χ0) is 5.33. The quantitative estimate of drug-likeness (QED) is 0.459. The second-order valence-corrected chi connectivity index (χ2v) is 2.10. The van der Waals surface area contributed by atoms with Gasteiger partial charge in [0.1, 0.15) is 6.67 Å². The van der Waals surface area contributed by atoms with Crippen LogP contribution in [0.25, 0.3) is 0 Å². The summed E-state index contributed by atoms with van der Waals surface area (Å²) < 4.78 is 11.7. The van der Waals surface area contributed by atoms with E-state index in [9.17, 15) is 4.39 Å². The molecule has 0 saturated carbocycles. The van der Waals surface area contributed by atoms with Gasteiger partial charge in [-0.05, 0) is 0 Å². The van der Waals surface area contributed by atoms with E-state index in [0.717, 1.165) is 0 Å². The molecule has 2 nitrogen and oxygen atoms in total. The fourth-order valence-corrected chi connectivity index (χ4v) is 0.541. The van der Waals surface area contributed by atoms with Crippen LogP contribution in [0.1, 0.15) is 0 Å². The minimum Gasteiger partial charge on any atom is -0.321 e. The van der Waals surface area contributed by atoms with Crippen molar-refractivity contribution in [3.05, 3.63) is 0 Å². The van der Waals surface area contributed by atoms with Gasteiger partial charge in [0.25, 0.3) is 0 Å². The van der Waals surface area contributed by atoms with Crippen molar-refractivity contribution in [1.29, 1.82) is 0 Å². The minimum atomic E-state index is -0.514. The first kappa shape index (κ1) is 5.00. The smallest absolute Gasteiger partial charge is 0.110 e. The van der Waals surface area contributed by atoms with E-state index in [0.29, 0.717) is 13.1 Å². The summed E-state index contributed by atoms with van der Waals surface area (Å²) in [6.45, 7) is 0.854. The topological polar surface area (TPSA) is 38.0 Å². The van der Waals surface area contributed by atoms with Gasteiger partial charge >= 0.3 is 0 Å². The second kappa shape index (κ2) is 1.42. The normalized spacial score (nSPS) is 26.6. The molecule has 42 valence electrons. The van der Waals surface area contributed by atoms with Gasteiger partial charge in [0.2, 0.25) is 0 Å². The number of hydrogen-bond donors (Lipinski definition) is 2. The van der Waals surface area contributed by atoms with Crippen LogP contribution in [-0.2, 0) is 0 Å². The highest BCUT2D eigenvalue weighted by Gasteiger charge is 2.31. The van der Waals surface area contributed by atoms with Crippen LogP contribution in [0, 0.1) is 0 Å². The molecule has 0 aromatic rings. The van der Waals surface area contributed by atoms with Crippen molar-refractivity contribution < 1.29 is 4.39 Å². The highest BCUT2D eigenvalue weighted by molar-refractivity contribution is 4.96. The second-order valence-electron chi connectivity index (χ2n) is 2.10.